The normalized spacial score (nSPS) is 13.9. The van der Waals surface area contributed by atoms with Gasteiger partial charge in [-0.15, -0.1) is 0 Å². The highest BCUT2D eigenvalue weighted by molar-refractivity contribution is 5.35. The molecule has 0 heterocycles. The van der Waals surface area contributed by atoms with E-state index in [1.807, 2.05) is 0 Å². The van der Waals surface area contributed by atoms with Gasteiger partial charge in [0.25, 0.3) is 0 Å². The van der Waals surface area contributed by atoms with Crippen molar-refractivity contribution < 1.29 is 0 Å². The largest absolute Gasteiger partial charge is 0.316 e. The molecule has 1 aliphatic rings. The zero-order chi connectivity index (χ0) is 11.9. The first kappa shape index (κ1) is 12.6. The van der Waals surface area contributed by atoms with Gasteiger partial charge in [-0.2, -0.15) is 0 Å². The van der Waals surface area contributed by atoms with Gasteiger partial charge in [-0.3, -0.25) is 0 Å². The Hall–Kier alpha value is -0.860. The predicted molar refractivity (Wildman–Crippen MR) is 73.6 cm³/mol. The lowest BCUT2D eigenvalue weighted by Gasteiger charge is -2.07. The average Bonchev–Trinajstić information content (AvgIpc) is 2.81. The van der Waals surface area contributed by atoms with Crippen LogP contribution in [0.5, 0.6) is 0 Å². The molecule has 0 amide bonds. The van der Waals surface area contributed by atoms with Gasteiger partial charge in [-0.1, -0.05) is 25.1 Å². The number of likely N-dealkylation sites (N-methyl/N-ethyl adjacent to an activating group) is 1. The number of nitrogens with one attached hydrogen (secondary N) is 2. The lowest BCUT2D eigenvalue weighted by Crippen LogP contribution is -2.28. The predicted octanol–water partition coefficient (Wildman–Crippen LogP) is 1.92. The lowest BCUT2D eigenvalue weighted by molar-refractivity contribution is 0.624. The van der Waals surface area contributed by atoms with Crippen molar-refractivity contribution in [1.29, 1.82) is 0 Å². The zero-order valence-electron chi connectivity index (χ0n) is 10.9. The highest BCUT2D eigenvalue weighted by atomic mass is 14.9. The van der Waals surface area contributed by atoms with Gasteiger partial charge in [0.15, 0.2) is 0 Å². The van der Waals surface area contributed by atoms with Crippen LogP contribution in [0.15, 0.2) is 18.2 Å². The first-order valence-electron chi connectivity index (χ1n) is 6.92. The summed E-state index contributed by atoms with van der Waals surface area (Å²) in [5.74, 6) is 0. The second kappa shape index (κ2) is 6.77. The molecule has 2 nitrogen and oxygen atoms in total. The Balaban J connectivity index is 1.69. The first-order valence-corrected chi connectivity index (χ1v) is 6.92. The number of rotatable bonds is 7. The number of fused-ring (bicyclic) bond motifs is 1. The topological polar surface area (TPSA) is 24.1 Å². The summed E-state index contributed by atoms with van der Waals surface area (Å²) >= 11 is 0. The molecule has 0 bridgehead atoms. The third-order valence-corrected chi connectivity index (χ3v) is 3.48. The van der Waals surface area contributed by atoms with Crippen molar-refractivity contribution in [3.63, 3.8) is 0 Å². The van der Waals surface area contributed by atoms with Gasteiger partial charge >= 0.3 is 0 Å². The maximum Gasteiger partial charge on any atom is 0.00768 e. The Labute approximate surface area is 105 Å². The van der Waals surface area contributed by atoms with E-state index in [0.717, 1.165) is 32.6 Å². The molecule has 0 spiro atoms. The van der Waals surface area contributed by atoms with Gasteiger partial charge in [0.2, 0.25) is 0 Å². The molecule has 0 saturated carbocycles. The van der Waals surface area contributed by atoms with Crippen LogP contribution in [0.25, 0.3) is 0 Å². The van der Waals surface area contributed by atoms with Crippen LogP contribution in [-0.4, -0.2) is 26.2 Å². The standard InChI is InChI=1S/C15H24N2/c1-2-16-10-11-17-9-8-13-6-7-14-4-3-5-15(14)12-13/h6-7,12,16-17H,2-5,8-11H2,1H3. The molecule has 0 unspecified atom stereocenters. The van der Waals surface area contributed by atoms with E-state index < -0.39 is 0 Å². The fourth-order valence-electron chi connectivity index (χ4n) is 2.49. The monoisotopic (exact) mass is 232 g/mol. The van der Waals surface area contributed by atoms with Gasteiger partial charge in [-0.05, 0) is 55.5 Å². The van der Waals surface area contributed by atoms with Gasteiger partial charge in [0, 0.05) is 13.1 Å². The van der Waals surface area contributed by atoms with E-state index in [2.05, 4.69) is 35.8 Å². The molecular weight excluding hydrogens is 208 g/mol. The number of hydrogen-bond donors (Lipinski definition) is 2. The van der Waals surface area contributed by atoms with Crippen molar-refractivity contribution in [2.45, 2.75) is 32.6 Å². The minimum atomic E-state index is 1.06. The van der Waals surface area contributed by atoms with Crippen LogP contribution in [0.4, 0.5) is 0 Å². The van der Waals surface area contributed by atoms with Crippen molar-refractivity contribution in [3.8, 4) is 0 Å². The smallest absolute Gasteiger partial charge is 0.00768 e. The molecule has 2 heteroatoms. The summed E-state index contributed by atoms with van der Waals surface area (Å²) < 4.78 is 0. The molecule has 1 aromatic rings. The third-order valence-electron chi connectivity index (χ3n) is 3.48. The van der Waals surface area contributed by atoms with Crippen molar-refractivity contribution in [2.24, 2.45) is 0 Å². The summed E-state index contributed by atoms with van der Waals surface area (Å²) in [6.07, 6.45) is 5.08. The number of aryl methyl sites for hydroxylation is 2. The summed E-state index contributed by atoms with van der Waals surface area (Å²) in [6, 6.07) is 7.04. The number of hydrogen-bond acceptors (Lipinski definition) is 2. The fraction of sp³-hybridized carbons (Fsp3) is 0.600. The number of benzene rings is 1. The van der Waals surface area contributed by atoms with Crippen LogP contribution in [0, 0.1) is 0 Å². The van der Waals surface area contributed by atoms with Crippen molar-refractivity contribution in [2.75, 3.05) is 26.2 Å². The Morgan fingerprint density at radius 2 is 1.82 bits per heavy atom. The highest BCUT2D eigenvalue weighted by Gasteiger charge is 2.10. The Bertz CT molecular complexity index is 347. The molecule has 0 fully saturated rings. The van der Waals surface area contributed by atoms with E-state index in [1.165, 1.54) is 24.8 Å². The minimum absolute atomic E-state index is 1.06. The van der Waals surface area contributed by atoms with Crippen LogP contribution < -0.4 is 10.6 Å². The molecule has 17 heavy (non-hydrogen) atoms. The molecule has 1 aromatic carbocycles. The molecule has 94 valence electrons. The summed E-state index contributed by atoms with van der Waals surface area (Å²) in [5, 5.41) is 6.79. The van der Waals surface area contributed by atoms with E-state index in [9.17, 15) is 0 Å². The van der Waals surface area contributed by atoms with E-state index >= 15 is 0 Å². The first-order chi connectivity index (χ1) is 8.40. The summed E-state index contributed by atoms with van der Waals surface area (Å²) in [6.45, 7) is 6.43. The summed E-state index contributed by atoms with van der Waals surface area (Å²) in [4.78, 5) is 0. The minimum Gasteiger partial charge on any atom is -0.316 e. The van der Waals surface area contributed by atoms with E-state index in [0.29, 0.717) is 0 Å². The SMILES string of the molecule is CCNCCNCCc1ccc2c(c1)CCC2. The Morgan fingerprint density at radius 1 is 1.00 bits per heavy atom. The average molecular weight is 232 g/mol. The Kier molecular flexibility index (Phi) is 5.02. The van der Waals surface area contributed by atoms with Gasteiger partial charge in [-0.25, -0.2) is 0 Å². The fourth-order valence-corrected chi connectivity index (χ4v) is 2.49. The van der Waals surface area contributed by atoms with Crippen molar-refractivity contribution in [3.05, 3.63) is 34.9 Å². The maximum absolute atomic E-state index is 3.47. The second-order valence-corrected chi connectivity index (χ2v) is 4.81. The molecule has 2 rings (SSSR count). The quantitative estimate of drug-likeness (QED) is 0.702. The third kappa shape index (κ3) is 3.83. The molecule has 0 saturated heterocycles. The molecule has 2 N–H and O–H groups in total. The van der Waals surface area contributed by atoms with Crippen molar-refractivity contribution >= 4 is 0 Å². The molecular formula is C15H24N2. The summed E-state index contributed by atoms with van der Waals surface area (Å²) in [5.41, 5.74) is 4.66. The van der Waals surface area contributed by atoms with Crippen LogP contribution >= 0.6 is 0 Å². The molecule has 0 atom stereocenters. The van der Waals surface area contributed by atoms with Gasteiger partial charge in [0.1, 0.15) is 0 Å². The van der Waals surface area contributed by atoms with E-state index in [1.54, 1.807) is 11.1 Å². The van der Waals surface area contributed by atoms with Crippen LogP contribution in [0.1, 0.15) is 30.0 Å². The summed E-state index contributed by atoms with van der Waals surface area (Å²) in [7, 11) is 0. The van der Waals surface area contributed by atoms with E-state index in [4.69, 9.17) is 0 Å². The lowest BCUT2D eigenvalue weighted by atomic mass is 10.0. The van der Waals surface area contributed by atoms with E-state index in [-0.39, 0.29) is 0 Å². The Morgan fingerprint density at radius 3 is 2.71 bits per heavy atom. The molecule has 1 aliphatic carbocycles. The second-order valence-electron chi connectivity index (χ2n) is 4.81. The molecule has 0 aromatic heterocycles. The van der Waals surface area contributed by atoms with Crippen molar-refractivity contribution in [1.82, 2.24) is 10.6 Å². The van der Waals surface area contributed by atoms with Crippen LogP contribution in [0.3, 0.4) is 0 Å². The van der Waals surface area contributed by atoms with Crippen LogP contribution in [-0.2, 0) is 19.3 Å². The van der Waals surface area contributed by atoms with Gasteiger partial charge in [0.05, 0.1) is 0 Å². The molecule has 0 aliphatic heterocycles. The van der Waals surface area contributed by atoms with Crippen LogP contribution in [0.2, 0.25) is 0 Å². The molecule has 0 radical (unpaired) electrons. The van der Waals surface area contributed by atoms with Gasteiger partial charge < -0.3 is 10.6 Å². The maximum atomic E-state index is 3.47. The highest BCUT2D eigenvalue weighted by Crippen LogP contribution is 2.22. The zero-order valence-corrected chi connectivity index (χ0v) is 10.9.